The summed E-state index contributed by atoms with van der Waals surface area (Å²) < 4.78 is 5.38. The highest BCUT2D eigenvalue weighted by Gasteiger charge is 2.06. The molecule has 18 heavy (non-hydrogen) atoms. The Morgan fingerprint density at radius 1 is 1.33 bits per heavy atom. The molecule has 2 aromatic rings. The quantitative estimate of drug-likeness (QED) is 0.864. The van der Waals surface area contributed by atoms with Gasteiger partial charge in [-0.3, -0.25) is 4.79 Å². The summed E-state index contributed by atoms with van der Waals surface area (Å²) in [7, 11) is 0. The van der Waals surface area contributed by atoms with Crippen LogP contribution in [-0.2, 0) is 13.1 Å². The molecule has 0 unspecified atom stereocenters. The number of hydrogen-bond acceptors (Lipinski definition) is 3. The van der Waals surface area contributed by atoms with Gasteiger partial charge in [0.1, 0.15) is 11.5 Å². The van der Waals surface area contributed by atoms with Crippen LogP contribution in [-0.4, -0.2) is 5.91 Å². The lowest BCUT2D eigenvalue weighted by Crippen LogP contribution is -2.22. The van der Waals surface area contributed by atoms with Crippen LogP contribution in [0.2, 0.25) is 0 Å². The number of nitrogens with two attached hydrogens (primary N) is 1. The number of amides is 1. The topological polar surface area (TPSA) is 68.3 Å². The molecule has 0 saturated heterocycles. The zero-order valence-electron chi connectivity index (χ0n) is 10.3. The lowest BCUT2D eigenvalue weighted by Gasteiger charge is -2.04. The van der Waals surface area contributed by atoms with Crippen LogP contribution in [0.15, 0.2) is 40.8 Å². The van der Waals surface area contributed by atoms with Crippen molar-refractivity contribution in [1.29, 1.82) is 0 Å². The van der Waals surface area contributed by atoms with Gasteiger partial charge in [-0.15, -0.1) is 0 Å². The van der Waals surface area contributed by atoms with E-state index in [2.05, 4.69) is 5.32 Å². The molecule has 0 bridgehead atoms. The van der Waals surface area contributed by atoms with Crippen molar-refractivity contribution in [2.24, 2.45) is 5.73 Å². The normalized spacial score (nSPS) is 10.3. The summed E-state index contributed by atoms with van der Waals surface area (Å²) in [6, 6.07) is 11.0. The van der Waals surface area contributed by atoms with Crippen molar-refractivity contribution in [1.82, 2.24) is 5.32 Å². The Bertz CT molecular complexity index is 546. The van der Waals surface area contributed by atoms with Crippen LogP contribution >= 0.6 is 0 Å². The van der Waals surface area contributed by atoms with E-state index in [1.54, 1.807) is 12.1 Å². The second-order valence-corrected chi connectivity index (χ2v) is 4.10. The largest absolute Gasteiger partial charge is 0.465 e. The SMILES string of the molecule is Cc1ccc(CNC(=O)c2cccc(CN)c2)o1. The standard InChI is InChI=1S/C14H16N2O2/c1-10-5-6-13(18-10)9-16-14(17)12-4-2-3-11(7-12)8-15/h2-7H,8-9,15H2,1H3,(H,16,17). The molecule has 0 fully saturated rings. The molecule has 3 N–H and O–H groups in total. The first-order valence-electron chi connectivity index (χ1n) is 5.81. The maximum absolute atomic E-state index is 11.9. The number of benzene rings is 1. The smallest absolute Gasteiger partial charge is 0.251 e. The molecular weight excluding hydrogens is 228 g/mol. The highest BCUT2D eigenvalue weighted by atomic mass is 16.3. The predicted molar refractivity (Wildman–Crippen MR) is 68.9 cm³/mol. The molecule has 0 aliphatic rings. The zero-order chi connectivity index (χ0) is 13.0. The molecular formula is C14H16N2O2. The van der Waals surface area contributed by atoms with Gasteiger partial charge in [-0.2, -0.15) is 0 Å². The minimum absolute atomic E-state index is 0.126. The molecule has 1 aromatic carbocycles. The summed E-state index contributed by atoms with van der Waals surface area (Å²) in [5.41, 5.74) is 7.09. The average Bonchev–Trinajstić information content (AvgIpc) is 2.82. The minimum Gasteiger partial charge on any atom is -0.465 e. The summed E-state index contributed by atoms with van der Waals surface area (Å²) in [6.45, 7) is 2.69. The van der Waals surface area contributed by atoms with Gasteiger partial charge in [0, 0.05) is 12.1 Å². The second kappa shape index (κ2) is 5.51. The first kappa shape index (κ1) is 12.4. The first-order chi connectivity index (χ1) is 8.69. The number of rotatable bonds is 4. The number of hydrogen-bond donors (Lipinski definition) is 2. The van der Waals surface area contributed by atoms with E-state index in [1.165, 1.54) is 0 Å². The highest BCUT2D eigenvalue weighted by molar-refractivity contribution is 5.94. The fourth-order valence-corrected chi connectivity index (χ4v) is 1.69. The lowest BCUT2D eigenvalue weighted by molar-refractivity contribution is 0.0948. The number of nitrogens with one attached hydrogen (secondary N) is 1. The van der Waals surface area contributed by atoms with Gasteiger partial charge in [-0.25, -0.2) is 0 Å². The van der Waals surface area contributed by atoms with Crippen LogP contribution in [0.5, 0.6) is 0 Å². The van der Waals surface area contributed by atoms with Crippen molar-refractivity contribution < 1.29 is 9.21 Å². The Balaban J connectivity index is 1.99. The number of carbonyl (C=O) groups is 1. The van der Waals surface area contributed by atoms with Crippen molar-refractivity contribution in [2.45, 2.75) is 20.0 Å². The van der Waals surface area contributed by atoms with Gasteiger partial charge >= 0.3 is 0 Å². The summed E-state index contributed by atoms with van der Waals surface area (Å²) in [6.07, 6.45) is 0. The second-order valence-electron chi connectivity index (χ2n) is 4.10. The fourth-order valence-electron chi connectivity index (χ4n) is 1.69. The maximum atomic E-state index is 11.9. The van der Waals surface area contributed by atoms with E-state index in [1.807, 2.05) is 31.2 Å². The molecule has 0 aliphatic carbocycles. The summed E-state index contributed by atoms with van der Waals surface area (Å²) >= 11 is 0. The lowest BCUT2D eigenvalue weighted by atomic mass is 10.1. The average molecular weight is 244 g/mol. The van der Waals surface area contributed by atoms with E-state index in [4.69, 9.17) is 10.2 Å². The molecule has 0 spiro atoms. The molecule has 94 valence electrons. The third-order valence-corrected chi connectivity index (χ3v) is 2.64. The molecule has 0 aliphatic heterocycles. The zero-order valence-corrected chi connectivity index (χ0v) is 10.3. The molecule has 1 amide bonds. The predicted octanol–water partition coefficient (Wildman–Crippen LogP) is 1.98. The van der Waals surface area contributed by atoms with Gasteiger partial charge in [-0.1, -0.05) is 12.1 Å². The van der Waals surface area contributed by atoms with Crippen molar-refractivity contribution in [3.63, 3.8) is 0 Å². The van der Waals surface area contributed by atoms with Crippen molar-refractivity contribution in [3.8, 4) is 0 Å². The van der Waals surface area contributed by atoms with Gasteiger partial charge in [0.15, 0.2) is 0 Å². The van der Waals surface area contributed by atoms with E-state index in [0.29, 0.717) is 18.7 Å². The third kappa shape index (κ3) is 2.99. The Morgan fingerprint density at radius 3 is 2.83 bits per heavy atom. The van der Waals surface area contributed by atoms with Gasteiger partial charge in [-0.05, 0) is 36.8 Å². The molecule has 1 heterocycles. The van der Waals surface area contributed by atoms with E-state index < -0.39 is 0 Å². The van der Waals surface area contributed by atoms with E-state index >= 15 is 0 Å². The molecule has 0 radical (unpaired) electrons. The van der Waals surface area contributed by atoms with Gasteiger partial charge < -0.3 is 15.5 Å². The monoisotopic (exact) mass is 244 g/mol. The minimum atomic E-state index is -0.126. The number of carbonyl (C=O) groups excluding carboxylic acids is 1. The summed E-state index contributed by atoms with van der Waals surface area (Å²) in [5.74, 6) is 1.46. The highest BCUT2D eigenvalue weighted by Crippen LogP contribution is 2.07. The van der Waals surface area contributed by atoms with Crippen LogP contribution in [0.25, 0.3) is 0 Å². The van der Waals surface area contributed by atoms with E-state index in [-0.39, 0.29) is 5.91 Å². The van der Waals surface area contributed by atoms with Gasteiger partial charge in [0.05, 0.1) is 6.54 Å². The van der Waals surface area contributed by atoms with E-state index in [9.17, 15) is 4.79 Å². The number of aryl methyl sites for hydroxylation is 1. The first-order valence-corrected chi connectivity index (χ1v) is 5.81. The number of furan rings is 1. The van der Waals surface area contributed by atoms with Crippen LogP contribution in [0, 0.1) is 6.92 Å². The Labute approximate surface area is 106 Å². The van der Waals surface area contributed by atoms with Crippen LogP contribution in [0.3, 0.4) is 0 Å². The Morgan fingerprint density at radius 2 is 2.17 bits per heavy atom. The summed E-state index contributed by atoms with van der Waals surface area (Å²) in [5, 5.41) is 2.81. The fraction of sp³-hybridized carbons (Fsp3) is 0.214. The Kier molecular flexibility index (Phi) is 3.79. The molecule has 4 heteroatoms. The molecule has 2 rings (SSSR count). The molecule has 4 nitrogen and oxygen atoms in total. The van der Waals surface area contributed by atoms with E-state index in [0.717, 1.165) is 17.1 Å². The Hall–Kier alpha value is -2.07. The molecule has 0 saturated carbocycles. The summed E-state index contributed by atoms with van der Waals surface area (Å²) in [4.78, 5) is 11.9. The van der Waals surface area contributed by atoms with Gasteiger partial charge in [0.2, 0.25) is 0 Å². The maximum Gasteiger partial charge on any atom is 0.251 e. The molecule has 0 atom stereocenters. The van der Waals surface area contributed by atoms with Crippen LogP contribution in [0.1, 0.15) is 27.4 Å². The molecule has 1 aromatic heterocycles. The van der Waals surface area contributed by atoms with Crippen LogP contribution < -0.4 is 11.1 Å². The van der Waals surface area contributed by atoms with Crippen molar-refractivity contribution in [3.05, 3.63) is 59.0 Å². The van der Waals surface area contributed by atoms with Crippen LogP contribution in [0.4, 0.5) is 0 Å². The van der Waals surface area contributed by atoms with Gasteiger partial charge in [0.25, 0.3) is 5.91 Å². The van der Waals surface area contributed by atoms with Crippen molar-refractivity contribution >= 4 is 5.91 Å². The third-order valence-electron chi connectivity index (χ3n) is 2.64. The van der Waals surface area contributed by atoms with Crippen molar-refractivity contribution in [2.75, 3.05) is 0 Å².